The number of H-pyrrole nitrogens is 1. The molecule has 0 bridgehead atoms. The highest BCUT2D eigenvalue weighted by Gasteiger charge is 2.28. The second-order valence-electron chi connectivity index (χ2n) is 6.89. The van der Waals surface area contributed by atoms with E-state index >= 15 is 0 Å². The number of likely N-dealkylation sites (tertiary alicyclic amines) is 1. The van der Waals surface area contributed by atoms with Crippen LogP contribution in [0.3, 0.4) is 0 Å². The van der Waals surface area contributed by atoms with E-state index in [1.165, 1.54) is 0 Å². The molecule has 28 heavy (non-hydrogen) atoms. The maximum Gasteiger partial charge on any atom is 0.417 e. The molecular weight excluding hydrogens is 360 g/mol. The van der Waals surface area contributed by atoms with Crippen molar-refractivity contribution in [3.63, 3.8) is 0 Å². The lowest BCUT2D eigenvalue weighted by Gasteiger charge is -2.31. The third-order valence-corrected chi connectivity index (χ3v) is 5.18. The molecule has 144 valence electrons. The van der Waals surface area contributed by atoms with Gasteiger partial charge in [-0.25, -0.2) is 4.79 Å². The first kappa shape index (κ1) is 18.0. The molecule has 0 radical (unpaired) electrons. The summed E-state index contributed by atoms with van der Waals surface area (Å²) in [6.45, 7) is 1.04. The third kappa shape index (κ3) is 3.43. The molecule has 1 saturated heterocycles. The van der Waals surface area contributed by atoms with Crippen molar-refractivity contribution in [2.24, 2.45) is 5.92 Å². The first-order valence-corrected chi connectivity index (χ1v) is 9.15. The minimum Gasteiger partial charge on any atom is -0.497 e. The quantitative estimate of drug-likeness (QED) is 0.703. The van der Waals surface area contributed by atoms with Gasteiger partial charge < -0.3 is 14.1 Å². The fourth-order valence-electron chi connectivity index (χ4n) is 3.62. The average Bonchev–Trinajstić information content (AvgIpc) is 3.12. The zero-order valence-electron chi connectivity index (χ0n) is 15.4. The number of methoxy groups -OCH3 is 1. The highest BCUT2D eigenvalue weighted by Crippen LogP contribution is 2.25. The molecule has 1 aromatic heterocycles. The highest BCUT2D eigenvalue weighted by molar-refractivity contribution is 6.00. The number of oxazole rings is 1. The maximum atomic E-state index is 12.8. The second-order valence-corrected chi connectivity index (χ2v) is 6.89. The largest absolute Gasteiger partial charge is 0.497 e. The van der Waals surface area contributed by atoms with Crippen LogP contribution in [0.4, 0.5) is 0 Å². The summed E-state index contributed by atoms with van der Waals surface area (Å²) < 4.78 is 10.2. The van der Waals surface area contributed by atoms with E-state index in [-0.39, 0.29) is 17.6 Å². The van der Waals surface area contributed by atoms with Gasteiger partial charge in [0.15, 0.2) is 11.4 Å². The van der Waals surface area contributed by atoms with Gasteiger partial charge in [0.2, 0.25) is 0 Å². The Kier molecular flexibility index (Phi) is 4.73. The fourth-order valence-corrected chi connectivity index (χ4v) is 3.62. The normalized spacial score (nSPS) is 15.0. The number of benzene rings is 2. The number of aromatic nitrogens is 1. The number of fused-ring (bicyclic) bond motifs is 1. The molecular formula is C21H20N2O5. The summed E-state index contributed by atoms with van der Waals surface area (Å²) in [6.07, 6.45) is 1.20. The van der Waals surface area contributed by atoms with E-state index in [1.807, 2.05) is 0 Å². The van der Waals surface area contributed by atoms with E-state index in [1.54, 1.807) is 54.5 Å². The molecule has 1 N–H and O–H groups in total. The van der Waals surface area contributed by atoms with E-state index in [4.69, 9.17) is 9.15 Å². The van der Waals surface area contributed by atoms with Crippen LogP contribution in [0, 0.1) is 5.92 Å². The topological polar surface area (TPSA) is 92.6 Å². The Morgan fingerprint density at radius 3 is 2.64 bits per heavy atom. The zero-order valence-corrected chi connectivity index (χ0v) is 15.4. The van der Waals surface area contributed by atoms with Crippen LogP contribution in [-0.2, 0) is 0 Å². The van der Waals surface area contributed by atoms with Gasteiger partial charge >= 0.3 is 5.76 Å². The number of ketones is 1. The van der Waals surface area contributed by atoms with Crippen molar-refractivity contribution in [1.29, 1.82) is 0 Å². The Morgan fingerprint density at radius 1 is 1.11 bits per heavy atom. The Morgan fingerprint density at radius 2 is 1.89 bits per heavy atom. The van der Waals surface area contributed by atoms with Crippen LogP contribution >= 0.6 is 0 Å². The van der Waals surface area contributed by atoms with Gasteiger partial charge in [0.1, 0.15) is 5.75 Å². The van der Waals surface area contributed by atoms with Gasteiger partial charge in [-0.2, -0.15) is 0 Å². The fraction of sp³-hybridized carbons (Fsp3) is 0.286. The van der Waals surface area contributed by atoms with E-state index in [0.717, 1.165) is 0 Å². The zero-order chi connectivity index (χ0) is 19.7. The molecule has 4 rings (SSSR count). The predicted octanol–water partition coefficient (Wildman–Crippen LogP) is 2.86. The van der Waals surface area contributed by atoms with Crippen molar-refractivity contribution in [3.05, 3.63) is 64.1 Å². The molecule has 7 nitrogen and oxygen atoms in total. The number of hydrogen-bond acceptors (Lipinski definition) is 5. The summed E-state index contributed by atoms with van der Waals surface area (Å²) in [6, 6.07) is 12.0. The number of nitrogens with zero attached hydrogens (tertiary/aromatic N) is 1. The number of hydrogen-bond donors (Lipinski definition) is 1. The summed E-state index contributed by atoms with van der Waals surface area (Å²) in [5.74, 6) is -0.0938. The lowest BCUT2D eigenvalue weighted by atomic mass is 9.88. The average molecular weight is 380 g/mol. The number of aromatic amines is 1. The molecule has 2 heterocycles. The number of carbonyl (C=O) groups is 2. The monoisotopic (exact) mass is 380 g/mol. The standard InChI is InChI=1S/C21H20N2O5/c1-27-16-4-2-3-15(11-16)20(25)23-9-7-13(8-10-23)19(24)14-5-6-17-18(12-14)28-21(26)22-17/h2-6,11-13H,7-10H2,1H3,(H,22,26). The van der Waals surface area contributed by atoms with Crippen LogP contribution in [0.1, 0.15) is 33.6 Å². The molecule has 1 aliphatic heterocycles. The SMILES string of the molecule is COc1cccc(C(=O)N2CCC(C(=O)c3ccc4[nH]c(=O)oc4c3)CC2)c1. The van der Waals surface area contributed by atoms with Crippen LogP contribution in [0.5, 0.6) is 5.75 Å². The Balaban J connectivity index is 1.43. The number of carbonyl (C=O) groups excluding carboxylic acids is 2. The third-order valence-electron chi connectivity index (χ3n) is 5.18. The summed E-state index contributed by atoms with van der Waals surface area (Å²) in [4.78, 5) is 41.1. The van der Waals surface area contributed by atoms with Crippen molar-refractivity contribution in [2.45, 2.75) is 12.8 Å². The van der Waals surface area contributed by atoms with E-state index in [2.05, 4.69) is 4.98 Å². The number of Topliss-reactive ketones (excluding diaryl/α,β-unsaturated/α-hetero) is 1. The van der Waals surface area contributed by atoms with Gasteiger partial charge in [-0.05, 0) is 49.2 Å². The summed E-state index contributed by atoms with van der Waals surface area (Å²) in [5.41, 5.74) is 2.05. The second kappa shape index (κ2) is 7.34. The molecule has 7 heteroatoms. The summed E-state index contributed by atoms with van der Waals surface area (Å²) in [7, 11) is 1.57. The van der Waals surface area contributed by atoms with E-state index < -0.39 is 5.76 Å². The molecule has 3 aromatic rings. The van der Waals surface area contributed by atoms with Gasteiger partial charge in [-0.15, -0.1) is 0 Å². The molecule has 2 aromatic carbocycles. The smallest absolute Gasteiger partial charge is 0.417 e. The Hall–Kier alpha value is -3.35. The van der Waals surface area contributed by atoms with Crippen LogP contribution in [0.15, 0.2) is 51.7 Å². The number of nitrogens with one attached hydrogen (secondary N) is 1. The van der Waals surface area contributed by atoms with Gasteiger partial charge in [-0.3, -0.25) is 14.6 Å². The molecule has 0 atom stereocenters. The highest BCUT2D eigenvalue weighted by atomic mass is 16.5. The first-order valence-electron chi connectivity index (χ1n) is 9.15. The molecule has 0 aliphatic carbocycles. The van der Waals surface area contributed by atoms with Crippen LogP contribution in [-0.4, -0.2) is 41.8 Å². The number of piperidine rings is 1. The molecule has 0 saturated carbocycles. The Bertz CT molecular complexity index is 1090. The summed E-state index contributed by atoms with van der Waals surface area (Å²) in [5, 5.41) is 0. The van der Waals surface area contributed by atoms with Crippen molar-refractivity contribution in [1.82, 2.24) is 9.88 Å². The minimum absolute atomic E-state index is 0.0132. The molecule has 1 fully saturated rings. The van der Waals surface area contributed by atoms with Gasteiger partial charge in [0, 0.05) is 30.1 Å². The molecule has 1 amide bonds. The molecule has 0 unspecified atom stereocenters. The predicted molar refractivity (Wildman–Crippen MR) is 103 cm³/mol. The van der Waals surface area contributed by atoms with Crippen molar-refractivity contribution in [2.75, 3.05) is 20.2 Å². The van der Waals surface area contributed by atoms with Crippen LogP contribution < -0.4 is 10.5 Å². The molecule has 0 spiro atoms. The van der Waals surface area contributed by atoms with Gasteiger partial charge in [0.05, 0.1) is 12.6 Å². The Labute approximate surface area is 160 Å². The van der Waals surface area contributed by atoms with E-state index in [0.29, 0.717) is 53.9 Å². The van der Waals surface area contributed by atoms with Crippen molar-refractivity contribution < 1.29 is 18.7 Å². The van der Waals surface area contributed by atoms with Gasteiger partial charge in [-0.1, -0.05) is 6.07 Å². The summed E-state index contributed by atoms with van der Waals surface area (Å²) >= 11 is 0. The van der Waals surface area contributed by atoms with Crippen LogP contribution in [0.2, 0.25) is 0 Å². The number of rotatable bonds is 4. The van der Waals surface area contributed by atoms with E-state index in [9.17, 15) is 14.4 Å². The first-order chi connectivity index (χ1) is 13.5. The van der Waals surface area contributed by atoms with Crippen molar-refractivity contribution >= 4 is 22.8 Å². The number of ether oxygens (including phenoxy) is 1. The van der Waals surface area contributed by atoms with Crippen LogP contribution in [0.25, 0.3) is 11.1 Å². The van der Waals surface area contributed by atoms with Gasteiger partial charge in [0.25, 0.3) is 5.91 Å². The lowest BCUT2D eigenvalue weighted by molar-refractivity contribution is 0.0650. The lowest BCUT2D eigenvalue weighted by Crippen LogP contribution is -2.40. The number of amides is 1. The van der Waals surface area contributed by atoms with Crippen molar-refractivity contribution in [3.8, 4) is 5.75 Å². The molecule has 1 aliphatic rings. The minimum atomic E-state index is -0.538. The maximum absolute atomic E-state index is 12.8.